The summed E-state index contributed by atoms with van der Waals surface area (Å²) in [7, 11) is 0. The molecule has 2 rings (SSSR count). The second kappa shape index (κ2) is 6.48. The van der Waals surface area contributed by atoms with Crippen LogP contribution >= 0.6 is 34.8 Å². The van der Waals surface area contributed by atoms with E-state index in [0.717, 1.165) is 0 Å². The van der Waals surface area contributed by atoms with Gasteiger partial charge in [0, 0.05) is 18.9 Å². The third kappa shape index (κ3) is 4.01. The van der Waals surface area contributed by atoms with Crippen LogP contribution in [0.5, 0.6) is 0 Å². The van der Waals surface area contributed by atoms with Crippen LogP contribution in [-0.4, -0.2) is 27.5 Å². The summed E-state index contributed by atoms with van der Waals surface area (Å²) < 4.78 is 1.66. The van der Waals surface area contributed by atoms with Gasteiger partial charge in [0.15, 0.2) is 0 Å². The van der Waals surface area contributed by atoms with E-state index in [1.807, 2.05) is 0 Å². The number of halogens is 3. The van der Waals surface area contributed by atoms with Crippen molar-refractivity contribution in [2.24, 2.45) is 0 Å². The van der Waals surface area contributed by atoms with E-state index in [4.69, 9.17) is 34.8 Å². The molecule has 1 atom stereocenters. The van der Waals surface area contributed by atoms with E-state index in [9.17, 15) is 5.11 Å². The Kier molecular flexibility index (Phi) is 4.93. The van der Waals surface area contributed by atoms with Crippen molar-refractivity contribution in [1.82, 2.24) is 9.78 Å². The normalized spacial score (nSPS) is 12.4. The first-order valence-electron chi connectivity index (χ1n) is 5.60. The van der Waals surface area contributed by atoms with Crippen molar-refractivity contribution in [3.8, 4) is 0 Å². The van der Waals surface area contributed by atoms with Gasteiger partial charge in [-0.25, -0.2) is 0 Å². The lowest BCUT2D eigenvalue weighted by Gasteiger charge is -2.14. The molecular formula is C12H12Cl3N3O. The van der Waals surface area contributed by atoms with Crippen LogP contribution in [-0.2, 0) is 6.54 Å². The number of rotatable bonds is 5. The van der Waals surface area contributed by atoms with Crippen molar-refractivity contribution in [2.45, 2.75) is 12.6 Å². The first-order chi connectivity index (χ1) is 9.06. The van der Waals surface area contributed by atoms with Crippen LogP contribution in [0.2, 0.25) is 15.1 Å². The second-order valence-electron chi connectivity index (χ2n) is 4.01. The third-order valence-electron chi connectivity index (χ3n) is 2.50. The van der Waals surface area contributed by atoms with E-state index in [1.165, 1.54) is 0 Å². The topological polar surface area (TPSA) is 50.1 Å². The zero-order chi connectivity index (χ0) is 13.8. The summed E-state index contributed by atoms with van der Waals surface area (Å²) in [6.45, 7) is 0.733. The van der Waals surface area contributed by atoms with Gasteiger partial charge in [-0.3, -0.25) is 4.68 Å². The van der Waals surface area contributed by atoms with Gasteiger partial charge in [-0.15, -0.1) is 0 Å². The fourth-order valence-electron chi connectivity index (χ4n) is 1.57. The number of benzene rings is 1. The fourth-order valence-corrected chi connectivity index (χ4v) is 2.19. The lowest BCUT2D eigenvalue weighted by molar-refractivity contribution is 0.161. The van der Waals surface area contributed by atoms with Gasteiger partial charge in [0.25, 0.3) is 0 Å². The van der Waals surface area contributed by atoms with Gasteiger partial charge in [0.2, 0.25) is 0 Å². The highest BCUT2D eigenvalue weighted by molar-refractivity contribution is 6.44. The predicted molar refractivity (Wildman–Crippen MR) is 78.2 cm³/mol. The number of anilines is 1. The summed E-state index contributed by atoms with van der Waals surface area (Å²) in [5.74, 6) is 0. The fraction of sp³-hybridized carbons (Fsp3) is 0.250. The number of hydrogen-bond donors (Lipinski definition) is 2. The molecule has 1 aromatic heterocycles. The Hall–Kier alpha value is -0.940. The molecule has 0 fully saturated rings. The average Bonchev–Trinajstić information content (AvgIpc) is 2.85. The van der Waals surface area contributed by atoms with Gasteiger partial charge in [-0.05, 0) is 18.2 Å². The maximum absolute atomic E-state index is 9.87. The number of nitrogens with one attached hydrogen (secondary N) is 1. The van der Waals surface area contributed by atoms with Gasteiger partial charge >= 0.3 is 0 Å². The van der Waals surface area contributed by atoms with E-state index >= 15 is 0 Å². The van der Waals surface area contributed by atoms with Crippen LogP contribution in [0.4, 0.5) is 5.69 Å². The van der Waals surface area contributed by atoms with Gasteiger partial charge in [0.1, 0.15) is 0 Å². The Morgan fingerprint density at radius 1 is 1.21 bits per heavy atom. The minimum atomic E-state index is -0.592. The van der Waals surface area contributed by atoms with Crippen molar-refractivity contribution >= 4 is 40.5 Å². The summed E-state index contributed by atoms with van der Waals surface area (Å²) in [5, 5.41) is 18.2. The van der Waals surface area contributed by atoms with E-state index in [1.54, 1.807) is 35.3 Å². The number of aromatic nitrogens is 2. The standard InChI is InChI=1S/C12H12Cl3N3O/c13-9-4-11(15)12(5-10(9)14)16-6-8(19)7-18-3-1-2-17-18/h1-5,8,16,19H,6-7H2. The zero-order valence-corrected chi connectivity index (χ0v) is 12.1. The molecule has 1 aromatic carbocycles. The molecule has 0 saturated carbocycles. The quantitative estimate of drug-likeness (QED) is 0.831. The molecule has 0 aliphatic carbocycles. The number of aliphatic hydroxyl groups excluding tert-OH is 1. The molecule has 4 nitrogen and oxygen atoms in total. The van der Waals surface area contributed by atoms with Crippen LogP contribution in [0.3, 0.4) is 0 Å². The first-order valence-corrected chi connectivity index (χ1v) is 6.73. The van der Waals surface area contributed by atoms with Crippen LogP contribution in [0.25, 0.3) is 0 Å². The third-order valence-corrected chi connectivity index (χ3v) is 3.53. The molecule has 0 aliphatic heterocycles. The Morgan fingerprint density at radius 3 is 2.63 bits per heavy atom. The van der Waals surface area contributed by atoms with Crippen molar-refractivity contribution in [2.75, 3.05) is 11.9 Å². The summed E-state index contributed by atoms with van der Waals surface area (Å²) >= 11 is 17.8. The Labute approximate surface area is 125 Å². The Bertz CT molecular complexity index is 545. The molecule has 0 bridgehead atoms. The van der Waals surface area contributed by atoms with Crippen molar-refractivity contribution in [3.05, 3.63) is 45.7 Å². The molecule has 2 aromatic rings. The van der Waals surface area contributed by atoms with E-state index in [2.05, 4.69) is 10.4 Å². The molecule has 0 saturated heterocycles. The molecule has 0 aliphatic rings. The van der Waals surface area contributed by atoms with E-state index < -0.39 is 6.10 Å². The smallest absolute Gasteiger partial charge is 0.0907 e. The average molecular weight is 321 g/mol. The predicted octanol–water partition coefficient (Wildman–Crippen LogP) is 3.32. The highest BCUT2D eigenvalue weighted by Gasteiger charge is 2.09. The van der Waals surface area contributed by atoms with E-state index in [-0.39, 0.29) is 0 Å². The van der Waals surface area contributed by atoms with E-state index in [0.29, 0.717) is 33.8 Å². The molecule has 0 amide bonds. The zero-order valence-electron chi connectivity index (χ0n) is 9.85. The molecule has 0 radical (unpaired) electrons. The molecule has 19 heavy (non-hydrogen) atoms. The maximum Gasteiger partial charge on any atom is 0.0907 e. The largest absolute Gasteiger partial charge is 0.389 e. The summed E-state index contributed by atoms with van der Waals surface area (Å²) in [5.41, 5.74) is 0.635. The summed E-state index contributed by atoms with van der Waals surface area (Å²) in [6.07, 6.45) is 2.86. The molecule has 0 spiro atoms. The second-order valence-corrected chi connectivity index (χ2v) is 5.23. The molecular weight excluding hydrogens is 309 g/mol. The van der Waals surface area contributed by atoms with Crippen LogP contribution in [0.1, 0.15) is 0 Å². The summed E-state index contributed by atoms with van der Waals surface area (Å²) in [6, 6.07) is 5.00. The molecule has 1 heterocycles. The molecule has 7 heteroatoms. The van der Waals surface area contributed by atoms with Crippen LogP contribution in [0, 0.1) is 0 Å². The van der Waals surface area contributed by atoms with Crippen LogP contribution < -0.4 is 5.32 Å². The number of aliphatic hydroxyl groups is 1. The Balaban J connectivity index is 1.93. The summed E-state index contributed by atoms with van der Waals surface area (Å²) in [4.78, 5) is 0. The maximum atomic E-state index is 9.87. The number of hydrogen-bond acceptors (Lipinski definition) is 3. The highest BCUT2D eigenvalue weighted by Crippen LogP contribution is 2.32. The minimum Gasteiger partial charge on any atom is -0.389 e. The monoisotopic (exact) mass is 319 g/mol. The molecule has 1 unspecified atom stereocenters. The van der Waals surface area contributed by atoms with Crippen molar-refractivity contribution in [3.63, 3.8) is 0 Å². The first kappa shape index (κ1) is 14.5. The SMILES string of the molecule is OC(CNc1cc(Cl)c(Cl)cc1Cl)Cn1cccn1. The van der Waals surface area contributed by atoms with Gasteiger partial charge in [-0.2, -0.15) is 5.10 Å². The lowest BCUT2D eigenvalue weighted by atomic mass is 10.3. The van der Waals surface area contributed by atoms with Crippen molar-refractivity contribution < 1.29 is 5.11 Å². The van der Waals surface area contributed by atoms with Gasteiger partial charge in [0.05, 0.1) is 33.4 Å². The van der Waals surface area contributed by atoms with Gasteiger partial charge in [-0.1, -0.05) is 34.8 Å². The molecule has 102 valence electrons. The Morgan fingerprint density at radius 2 is 1.95 bits per heavy atom. The van der Waals surface area contributed by atoms with Crippen molar-refractivity contribution in [1.29, 1.82) is 0 Å². The minimum absolute atomic E-state index is 0.331. The molecule has 2 N–H and O–H groups in total. The number of nitrogens with zero attached hydrogens (tertiary/aromatic N) is 2. The lowest BCUT2D eigenvalue weighted by Crippen LogP contribution is -2.25. The van der Waals surface area contributed by atoms with Gasteiger partial charge < -0.3 is 10.4 Å². The highest BCUT2D eigenvalue weighted by atomic mass is 35.5. The van der Waals surface area contributed by atoms with Crippen LogP contribution in [0.15, 0.2) is 30.6 Å².